The molecular weight excluding hydrogens is 393 g/mol. The van der Waals surface area contributed by atoms with Gasteiger partial charge in [0.2, 0.25) is 11.9 Å². The summed E-state index contributed by atoms with van der Waals surface area (Å²) in [5.74, 6) is -0.0622. The van der Waals surface area contributed by atoms with Crippen molar-refractivity contribution in [1.29, 1.82) is 5.26 Å². The number of anilines is 3. The smallest absolute Gasteiger partial charge is 0.360 e. The number of thioether (sulfide) groups is 1. The highest BCUT2D eigenvalue weighted by molar-refractivity contribution is 7.98. The fourth-order valence-electron chi connectivity index (χ4n) is 2.15. The van der Waals surface area contributed by atoms with Crippen molar-refractivity contribution in [2.45, 2.75) is 11.2 Å². The number of halogens is 3. The molecule has 28 heavy (non-hydrogen) atoms. The van der Waals surface area contributed by atoms with Gasteiger partial charge in [0, 0.05) is 19.8 Å². The molecule has 0 aliphatic rings. The van der Waals surface area contributed by atoms with Crippen LogP contribution in [0.15, 0.2) is 29.3 Å². The molecule has 0 unspecified atom stereocenters. The Morgan fingerprint density at radius 3 is 2.61 bits per heavy atom. The fourth-order valence-corrected chi connectivity index (χ4v) is 2.67. The number of hydrogen-bond acceptors (Lipinski definition) is 7. The van der Waals surface area contributed by atoms with Crippen LogP contribution in [0.4, 0.5) is 30.6 Å². The fraction of sp³-hybridized carbons (Fsp3) is 0.294. The summed E-state index contributed by atoms with van der Waals surface area (Å²) in [6.45, 7) is -0.289. The maximum atomic E-state index is 12.8. The van der Waals surface area contributed by atoms with Gasteiger partial charge in [0.1, 0.15) is 16.7 Å². The predicted octanol–water partition coefficient (Wildman–Crippen LogP) is 3.21. The maximum Gasteiger partial charge on any atom is 0.416 e. The van der Waals surface area contributed by atoms with Crippen molar-refractivity contribution in [3.8, 4) is 6.07 Å². The van der Waals surface area contributed by atoms with E-state index in [-0.39, 0.29) is 23.6 Å². The number of carbonyl (C=O) groups excluding carboxylic acids is 1. The van der Waals surface area contributed by atoms with E-state index in [0.717, 1.165) is 12.1 Å². The molecule has 1 heterocycles. The Bertz CT molecular complexity index is 911. The van der Waals surface area contributed by atoms with Crippen LogP contribution >= 0.6 is 11.8 Å². The average molecular weight is 410 g/mol. The number of carbonyl (C=O) groups is 1. The molecule has 7 nitrogen and oxygen atoms in total. The van der Waals surface area contributed by atoms with Gasteiger partial charge in [-0.1, -0.05) is 6.07 Å². The second kappa shape index (κ2) is 8.79. The number of amides is 1. The van der Waals surface area contributed by atoms with Crippen LogP contribution < -0.4 is 15.5 Å². The van der Waals surface area contributed by atoms with Gasteiger partial charge in [-0.3, -0.25) is 4.79 Å². The van der Waals surface area contributed by atoms with Gasteiger partial charge < -0.3 is 15.5 Å². The van der Waals surface area contributed by atoms with Gasteiger partial charge in [0.25, 0.3) is 0 Å². The van der Waals surface area contributed by atoms with Crippen LogP contribution in [0.2, 0.25) is 0 Å². The van der Waals surface area contributed by atoms with Crippen molar-refractivity contribution in [1.82, 2.24) is 9.97 Å². The molecule has 2 aromatic rings. The zero-order chi connectivity index (χ0) is 20.9. The van der Waals surface area contributed by atoms with Crippen LogP contribution in [0.1, 0.15) is 11.1 Å². The largest absolute Gasteiger partial charge is 0.416 e. The van der Waals surface area contributed by atoms with Crippen LogP contribution in [0, 0.1) is 11.3 Å². The normalized spacial score (nSPS) is 10.9. The maximum absolute atomic E-state index is 12.8. The SMILES string of the molecule is CSc1nc(N(C)C)nc(NCC(=O)Nc2cccc(C(F)(F)F)c2)c1C#N. The highest BCUT2D eigenvalue weighted by atomic mass is 32.2. The molecule has 1 aromatic heterocycles. The van der Waals surface area contributed by atoms with Crippen LogP contribution in [0.5, 0.6) is 0 Å². The number of benzene rings is 1. The van der Waals surface area contributed by atoms with Crippen LogP contribution in [0.3, 0.4) is 0 Å². The Morgan fingerprint density at radius 1 is 1.32 bits per heavy atom. The van der Waals surface area contributed by atoms with Crippen molar-refractivity contribution in [3.05, 3.63) is 35.4 Å². The van der Waals surface area contributed by atoms with Gasteiger partial charge >= 0.3 is 6.18 Å². The predicted molar refractivity (Wildman–Crippen MR) is 101 cm³/mol. The summed E-state index contributed by atoms with van der Waals surface area (Å²) < 4.78 is 38.3. The summed E-state index contributed by atoms with van der Waals surface area (Å²) in [4.78, 5) is 22.2. The molecule has 2 rings (SSSR count). The van der Waals surface area contributed by atoms with Crippen molar-refractivity contribution in [2.24, 2.45) is 0 Å². The van der Waals surface area contributed by atoms with E-state index in [0.29, 0.717) is 11.0 Å². The third-order valence-electron chi connectivity index (χ3n) is 3.46. The molecule has 0 bridgehead atoms. The second-order valence-corrected chi connectivity index (χ2v) is 6.54. The van der Waals surface area contributed by atoms with Crippen LogP contribution in [0.25, 0.3) is 0 Å². The standard InChI is InChI=1S/C17H17F3N6OS/c1-26(2)16-24-14(12(8-21)15(25-16)28-3)22-9-13(27)23-11-6-4-5-10(7-11)17(18,19)20/h4-7H,9H2,1-3H3,(H,23,27)(H,22,24,25). The topological polar surface area (TPSA) is 93.9 Å². The first-order chi connectivity index (χ1) is 13.2. The van der Waals surface area contributed by atoms with Crippen molar-refractivity contribution in [3.63, 3.8) is 0 Å². The Labute approximate surface area is 164 Å². The van der Waals surface area contributed by atoms with Crippen molar-refractivity contribution < 1.29 is 18.0 Å². The Morgan fingerprint density at radius 2 is 2.04 bits per heavy atom. The summed E-state index contributed by atoms with van der Waals surface area (Å²) in [5, 5.41) is 14.9. The number of rotatable bonds is 6. The zero-order valence-corrected chi connectivity index (χ0v) is 16.1. The number of aromatic nitrogens is 2. The van der Waals surface area contributed by atoms with Gasteiger partial charge in [-0.25, -0.2) is 4.98 Å². The minimum Gasteiger partial charge on any atom is -0.360 e. The quantitative estimate of drug-likeness (QED) is 0.558. The first kappa shape index (κ1) is 21.3. The van der Waals surface area contributed by atoms with Gasteiger partial charge in [-0.15, -0.1) is 11.8 Å². The average Bonchev–Trinajstić information content (AvgIpc) is 2.64. The van der Waals surface area contributed by atoms with Crippen molar-refractivity contribution >= 4 is 35.1 Å². The lowest BCUT2D eigenvalue weighted by atomic mass is 10.2. The molecule has 0 atom stereocenters. The number of nitriles is 1. The van der Waals surface area contributed by atoms with E-state index < -0.39 is 17.6 Å². The van der Waals surface area contributed by atoms with E-state index in [9.17, 15) is 23.2 Å². The summed E-state index contributed by atoms with van der Waals surface area (Å²) in [6, 6.07) is 6.32. The first-order valence-electron chi connectivity index (χ1n) is 7.90. The third-order valence-corrected chi connectivity index (χ3v) is 4.14. The number of hydrogen-bond donors (Lipinski definition) is 2. The molecule has 0 radical (unpaired) electrons. The summed E-state index contributed by atoms with van der Waals surface area (Å²) >= 11 is 1.26. The van der Waals surface area contributed by atoms with Crippen LogP contribution in [-0.4, -0.2) is 42.8 Å². The molecule has 1 amide bonds. The first-order valence-corrected chi connectivity index (χ1v) is 9.12. The van der Waals surface area contributed by atoms with E-state index in [2.05, 4.69) is 20.6 Å². The molecule has 0 aliphatic heterocycles. The minimum atomic E-state index is -4.50. The Balaban J connectivity index is 2.15. The van der Waals surface area contributed by atoms with Crippen molar-refractivity contribution in [2.75, 3.05) is 42.4 Å². The summed E-state index contributed by atoms with van der Waals surface area (Å²) in [6.07, 6.45) is -2.74. The number of alkyl halides is 3. The minimum absolute atomic E-state index is 0.0172. The number of nitrogens with one attached hydrogen (secondary N) is 2. The summed E-state index contributed by atoms with van der Waals surface area (Å²) in [5.41, 5.74) is -0.658. The molecule has 0 fully saturated rings. The molecule has 0 saturated carbocycles. The van der Waals surface area contributed by atoms with E-state index in [4.69, 9.17) is 0 Å². The van der Waals surface area contributed by atoms with E-state index in [1.54, 1.807) is 25.3 Å². The lowest BCUT2D eigenvalue weighted by molar-refractivity contribution is -0.137. The lowest BCUT2D eigenvalue weighted by Crippen LogP contribution is -2.24. The summed E-state index contributed by atoms with van der Waals surface area (Å²) in [7, 11) is 3.46. The van der Waals surface area contributed by atoms with Gasteiger partial charge in [0.05, 0.1) is 12.1 Å². The molecule has 148 valence electrons. The van der Waals surface area contributed by atoms with Gasteiger partial charge in [-0.2, -0.15) is 23.4 Å². The second-order valence-electron chi connectivity index (χ2n) is 5.74. The molecule has 0 spiro atoms. The monoisotopic (exact) mass is 410 g/mol. The highest BCUT2D eigenvalue weighted by Crippen LogP contribution is 2.30. The Kier molecular flexibility index (Phi) is 6.69. The molecule has 0 aliphatic carbocycles. The number of nitrogens with zero attached hydrogens (tertiary/aromatic N) is 4. The third kappa shape index (κ3) is 5.26. The molecule has 11 heteroatoms. The van der Waals surface area contributed by atoms with Gasteiger partial charge in [0.15, 0.2) is 5.82 Å². The van der Waals surface area contributed by atoms with Crippen LogP contribution in [-0.2, 0) is 11.0 Å². The molecule has 2 N–H and O–H groups in total. The highest BCUT2D eigenvalue weighted by Gasteiger charge is 2.30. The molecule has 0 saturated heterocycles. The molecule has 1 aromatic carbocycles. The van der Waals surface area contributed by atoms with Gasteiger partial charge in [-0.05, 0) is 24.5 Å². The van der Waals surface area contributed by atoms with E-state index >= 15 is 0 Å². The Hall–Kier alpha value is -3.00. The lowest BCUT2D eigenvalue weighted by Gasteiger charge is -2.15. The zero-order valence-electron chi connectivity index (χ0n) is 15.3. The molecular formula is C17H17F3N6OS. The van der Waals surface area contributed by atoms with E-state index in [1.165, 1.54) is 23.9 Å². The van der Waals surface area contributed by atoms with E-state index in [1.807, 2.05) is 6.07 Å².